The van der Waals surface area contributed by atoms with E-state index in [1.165, 1.54) is 0 Å². The second-order valence-electron chi connectivity index (χ2n) is 5.28. The molecular weight excluding hydrogens is 306 g/mol. The summed E-state index contributed by atoms with van der Waals surface area (Å²) in [6, 6.07) is 6.50. The van der Waals surface area contributed by atoms with Crippen molar-refractivity contribution in [3.8, 4) is 0 Å². The standard InChI is InChI=1S/C14H21N3O4S/c1-2-21-14(18)17-13-9-22(19,20)8-12(13)16-7-10-3-5-11(15)6-4-10/h3-6,12-13,16H,2,7-9,15H2,1H3,(H,17,18)/t12-,13+/m1/s1. The minimum absolute atomic E-state index is 0.000948. The Hall–Kier alpha value is -1.80. The number of alkyl carbamates (subject to hydrolysis) is 1. The average Bonchev–Trinajstić information content (AvgIpc) is 2.72. The number of nitrogen functional groups attached to an aromatic ring is 1. The molecule has 2 atom stereocenters. The van der Waals surface area contributed by atoms with E-state index >= 15 is 0 Å². The number of nitrogens with one attached hydrogen (secondary N) is 2. The smallest absolute Gasteiger partial charge is 0.407 e. The predicted octanol–water partition coefficient (Wildman–Crippen LogP) is 0.270. The summed E-state index contributed by atoms with van der Waals surface area (Å²) in [7, 11) is -3.17. The van der Waals surface area contributed by atoms with E-state index in [1.807, 2.05) is 12.1 Å². The van der Waals surface area contributed by atoms with Crippen molar-refractivity contribution in [2.45, 2.75) is 25.6 Å². The number of nitrogens with two attached hydrogens (primary N) is 1. The molecule has 0 aliphatic carbocycles. The van der Waals surface area contributed by atoms with Crippen LogP contribution in [-0.2, 0) is 21.1 Å². The number of ether oxygens (including phenoxy) is 1. The predicted molar refractivity (Wildman–Crippen MR) is 84.1 cm³/mol. The maximum absolute atomic E-state index is 11.8. The van der Waals surface area contributed by atoms with Crippen LogP contribution in [0.5, 0.6) is 0 Å². The van der Waals surface area contributed by atoms with Crippen LogP contribution in [0.25, 0.3) is 0 Å². The van der Waals surface area contributed by atoms with E-state index in [0.29, 0.717) is 12.2 Å². The quantitative estimate of drug-likeness (QED) is 0.670. The van der Waals surface area contributed by atoms with Gasteiger partial charge in [-0.05, 0) is 24.6 Å². The van der Waals surface area contributed by atoms with Gasteiger partial charge >= 0.3 is 6.09 Å². The topological polar surface area (TPSA) is 111 Å². The Morgan fingerprint density at radius 1 is 1.27 bits per heavy atom. The molecule has 1 aliphatic rings. The van der Waals surface area contributed by atoms with Crippen LogP contribution in [0.2, 0.25) is 0 Å². The number of amides is 1. The van der Waals surface area contributed by atoms with Crippen LogP contribution in [0.3, 0.4) is 0 Å². The van der Waals surface area contributed by atoms with Gasteiger partial charge in [-0.3, -0.25) is 0 Å². The van der Waals surface area contributed by atoms with Crippen LogP contribution in [0.15, 0.2) is 24.3 Å². The van der Waals surface area contributed by atoms with Gasteiger partial charge in [0.2, 0.25) is 0 Å². The van der Waals surface area contributed by atoms with Crippen molar-refractivity contribution in [2.75, 3.05) is 23.8 Å². The number of sulfone groups is 1. The number of anilines is 1. The minimum atomic E-state index is -3.17. The third-order valence-electron chi connectivity index (χ3n) is 3.48. The van der Waals surface area contributed by atoms with Gasteiger partial charge in [0.25, 0.3) is 0 Å². The summed E-state index contributed by atoms with van der Waals surface area (Å²) in [4.78, 5) is 11.5. The normalized spacial score (nSPS) is 23.1. The Labute approximate surface area is 130 Å². The zero-order valence-corrected chi connectivity index (χ0v) is 13.2. The molecule has 1 fully saturated rings. The van der Waals surface area contributed by atoms with E-state index in [-0.39, 0.29) is 24.2 Å². The second kappa shape index (κ2) is 6.97. The molecule has 1 saturated heterocycles. The summed E-state index contributed by atoms with van der Waals surface area (Å²) in [6.45, 7) is 2.44. The molecule has 4 N–H and O–H groups in total. The van der Waals surface area contributed by atoms with E-state index < -0.39 is 22.0 Å². The van der Waals surface area contributed by atoms with Crippen molar-refractivity contribution in [3.63, 3.8) is 0 Å². The largest absolute Gasteiger partial charge is 0.450 e. The molecule has 0 unspecified atom stereocenters. The van der Waals surface area contributed by atoms with Crippen molar-refractivity contribution >= 4 is 21.6 Å². The van der Waals surface area contributed by atoms with Gasteiger partial charge < -0.3 is 21.1 Å². The number of hydrogen-bond donors (Lipinski definition) is 3. The van der Waals surface area contributed by atoms with E-state index in [2.05, 4.69) is 10.6 Å². The van der Waals surface area contributed by atoms with E-state index in [9.17, 15) is 13.2 Å². The van der Waals surface area contributed by atoms with Gasteiger partial charge in [0.1, 0.15) is 0 Å². The highest BCUT2D eigenvalue weighted by Gasteiger charge is 2.38. The van der Waals surface area contributed by atoms with Gasteiger partial charge in [0.15, 0.2) is 9.84 Å². The molecule has 1 aliphatic heterocycles. The van der Waals surface area contributed by atoms with Gasteiger partial charge in [0, 0.05) is 18.3 Å². The highest BCUT2D eigenvalue weighted by atomic mass is 32.2. The summed E-state index contributed by atoms with van der Waals surface area (Å²) in [6.07, 6.45) is -0.594. The number of hydrogen-bond acceptors (Lipinski definition) is 6. The molecule has 122 valence electrons. The Morgan fingerprint density at radius 3 is 2.55 bits per heavy atom. The fraction of sp³-hybridized carbons (Fsp3) is 0.500. The SMILES string of the molecule is CCOC(=O)N[C@H]1CS(=O)(=O)C[C@H]1NCc1ccc(N)cc1. The van der Waals surface area contributed by atoms with Crippen LogP contribution in [0.1, 0.15) is 12.5 Å². The van der Waals surface area contributed by atoms with Gasteiger partial charge in [-0.1, -0.05) is 12.1 Å². The summed E-state index contributed by atoms with van der Waals surface area (Å²) >= 11 is 0. The van der Waals surface area contributed by atoms with Crippen molar-refractivity contribution in [2.24, 2.45) is 0 Å². The molecule has 0 bridgehead atoms. The first-order chi connectivity index (χ1) is 10.4. The maximum atomic E-state index is 11.8. The molecule has 1 aromatic rings. The summed E-state index contributed by atoms with van der Waals surface area (Å²) in [5.41, 5.74) is 7.29. The Bertz CT molecular complexity index is 615. The Kier molecular flexibility index (Phi) is 5.25. The molecule has 0 saturated carbocycles. The lowest BCUT2D eigenvalue weighted by Gasteiger charge is -2.20. The fourth-order valence-electron chi connectivity index (χ4n) is 2.40. The first kappa shape index (κ1) is 16.6. The molecule has 2 rings (SSSR count). The lowest BCUT2D eigenvalue weighted by Crippen LogP contribution is -2.49. The minimum Gasteiger partial charge on any atom is -0.450 e. The van der Waals surface area contributed by atoms with E-state index in [0.717, 1.165) is 5.56 Å². The third kappa shape index (κ3) is 4.60. The van der Waals surface area contributed by atoms with Gasteiger partial charge in [-0.25, -0.2) is 13.2 Å². The van der Waals surface area contributed by atoms with Crippen molar-refractivity contribution in [1.29, 1.82) is 0 Å². The lowest BCUT2D eigenvalue weighted by atomic mass is 10.1. The van der Waals surface area contributed by atoms with E-state index in [4.69, 9.17) is 10.5 Å². The zero-order valence-electron chi connectivity index (χ0n) is 12.4. The molecular formula is C14H21N3O4S. The molecule has 22 heavy (non-hydrogen) atoms. The molecule has 1 amide bonds. The van der Waals surface area contributed by atoms with Crippen molar-refractivity contribution in [1.82, 2.24) is 10.6 Å². The van der Waals surface area contributed by atoms with Crippen LogP contribution in [0.4, 0.5) is 10.5 Å². The first-order valence-corrected chi connectivity index (χ1v) is 8.93. The first-order valence-electron chi connectivity index (χ1n) is 7.11. The monoisotopic (exact) mass is 327 g/mol. The van der Waals surface area contributed by atoms with Crippen LogP contribution in [0, 0.1) is 0 Å². The molecule has 1 heterocycles. The average molecular weight is 327 g/mol. The van der Waals surface area contributed by atoms with Crippen molar-refractivity contribution in [3.05, 3.63) is 29.8 Å². The molecule has 1 aromatic carbocycles. The number of benzene rings is 1. The maximum Gasteiger partial charge on any atom is 0.407 e. The van der Waals surface area contributed by atoms with Crippen LogP contribution in [-0.4, -0.2) is 44.7 Å². The summed E-state index contributed by atoms with van der Waals surface area (Å²) in [5, 5.41) is 5.79. The highest BCUT2D eigenvalue weighted by molar-refractivity contribution is 7.91. The third-order valence-corrected chi connectivity index (χ3v) is 5.21. The van der Waals surface area contributed by atoms with Gasteiger partial charge in [-0.15, -0.1) is 0 Å². The zero-order chi connectivity index (χ0) is 16.2. The lowest BCUT2D eigenvalue weighted by molar-refractivity contribution is 0.147. The summed E-state index contributed by atoms with van der Waals surface area (Å²) in [5.74, 6) is -0.0791. The van der Waals surface area contributed by atoms with Gasteiger partial charge in [0.05, 0.1) is 24.2 Å². The molecule has 7 nitrogen and oxygen atoms in total. The van der Waals surface area contributed by atoms with Crippen molar-refractivity contribution < 1.29 is 17.9 Å². The number of carbonyl (C=O) groups excluding carboxylic acids is 1. The number of carbonyl (C=O) groups is 1. The Morgan fingerprint density at radius 2 is 1.91 bits per heavy atom. The van der Waals surface area contributed by atoms with Crippen LogP contribution >= 0.6 is 0 Å². The highest BCUT2D eigenvalue weighted by Crippen LogP contribution is 2.14. The van der Waals surface area contributed by atoms with Crippen LogP contribution < -0.4 is 16.4 Å². The van der Waals surface area contributed by atoms with Gasteiger partial charge in [-0.2, -0.15) is 0 Å². The molecule has 0 spiro atoms. The fourth-order valence-corrected chi connectivity index (χ4v) is 4.30. The number of rotatable bonds is 5. The second-order valence-corrected chi connectivity index (χ2v) is 7.43. The Balaban J connectivity index is 1.97. The molecule has 8 heteroatoms. The van der Waals surface area contributed by atoms with E-state index in [1.54, 1.807) is 19.1 Å². The molecule has 0 aromatic heterocycles. The molecule has 0 radical (unpaired) electrons. The summed E-state index contributed by atoms with van der Waals surface area (Å²) < 4.78 is 28.4.